The number of alkyl halides is 3. The van der Waals surface area contributed by atoms with Gasteiger partial charge in [0.25, 0.3) is 0 Å². The molecule has 122 valence electrons. The van der Waals surface area contributed by atoms with Gasteiger partial charge in [-0.15, -0.1) is 0 Å². The second-order valence-electron chi connectivity index (χ2n) is 5.09. The van der Waals surface area contributed by atoms with Crippen LogP contribution in [0.4, 0.5) is 5.69 Å². The number of halogens is 3. The van der Waals surface area contributed by atoms with Gasteiger partial charge in [0.05, 0.1) is 24.3 Å². The van der Waals surface area contributed by atoms with Crippen molar-refractivity contribution in [2.75, 3.05) is 18.2 Å². The van der Waals surface area contributed by atoms with Crippen LogP contribution in [0.25, 0.3) is 0 Å². The van der Waals surface area contributed by atoms with Crippen molar-refractivity contribution in [2.45, 2.75) is 10.0 Å². The molecule has 22 heavy (non-hydrogen) atoms. The lowest BCUT2D eigenvalue weighted by Gasteiger charge is -2.22. The minimum Gasteiger partial charge on any atom is -0.284 e. The topological polar surface area (TPSA) is 75.7 Å². The molecular weight excluding hydrogens is 375 g/mol. The SMILES string of the molecule is CC1(COS(=O)(=O)C(Cl)(Cl)Cl)CN(c2ccccc2)NC1=O. The Hall–Kier alpha value is -0.730. The zero-order valence-corrected chi connectivity index (χ0v) is 14.5. The molecule has 1 aromatic rings. The third kappa shape index (κ3) is 3.60. The van der Waals surface area contributed by atoms with Crippen molar-refractivity contribution in [1.82, 2.24) is 5.43 Å². The highest BCUT2D eigenvalue weighted by molar-refractivity contribution is 7.92. The smallest absolute Gasteiger partial charge is 0.284 e. The summed E-state index contributed by atoms with van der Waals surface area (Å²) in [7, 11) is -4.43. The Morgan fingerprint density at radius 1 is 1.32 bits per heavy atom. The maximum atomic E-state index is 12.1. The van der Waals surface area contributed by atoms with Gasteiger partial charge in [0.15, 0.2) is 0 Å². The maximum absolute atomic E-state index is 12.1. The van der Waals surface area contributed by atoms with Crippen LogP contribution < -0.4 is 10.4 Å². The molecule has 1 N–H and O–H groups in total. The average Bonchev–Trinajstić information content (AvgIpc) is 2.73. The molecule has 1 aliphatic rings. The second kappa shape index (κ2) is 6.05. The molecular formula is C12H13Cl3N2O4S. The van der Waals surface area contributed by atoms with Crippen LogP contribution in [0.15, 0.2) is 30.3 Å². The van der Waals surface area contributed by atoms with Gasteiger partial charge in [-0.3, -0.25) is 19.4 Å². The molecule has 1 amide bonds. The van der Waals surface area contributed by atoms with Crippen LogP contribution in [0.2, 0.25) is 0 Å². The molecule has 0 spiro atoms. The van der Waals surface area contributed by atoms with E-state index in [9.17, 15) is 13.2 Å². The van der Waals surface area contributed by atoms with Crippen LogP contribution in [-0.2, 0) is 19.1 Å². The zero-order valence-electron chi connectivity index (χ0n) is 11.4. The number of hydrazine groups is 1. The summed E-state index contributed by atoms with van der Waals surface area (Å²) in [6, 6.07) is 9.11. The minimum atomic E-state index is -4.43. The predicted octanol–water partition coefficient (Wildman–Crippen LogP) is 2.22. The van der Waals surface area contributed by atoms with Gasteiger partial charge in [0, 0.05) is 0 Å². The van der Waals surface area contributed by atoms with Crippen molar-refractivity contribution in [3.05, 3.63) is 30.3 Å². The summed E-state index contributed by atoms with van der Waals surface area (Å²) in [5.41, 5.74) is 2.33. The lowest BCUT2D eigenvalue weighted by Crippen LogP contribution is -2.37. The van der Waals surface area contributed by atoms with Crippen LogP contribution in [0, 0.1) is 5.41 Å². The molecule has 6 nitrogen and oxygen atoms in total. The normalized spacial score (nSPS) is 22.7. The summed E-state index contributed by atoms with van der Waals surface area (Å²) in [6.45, 7) is 1.35. The standard InChI is InChI=1S/C12H13Cl3N2O4S/c1-11(8-21-22(19,20)12(13,14)15)7-17(16-10(11)18)9-5-3-2-4-6-9/h2-6H,7-8H2,1H3,(H,16,18). The highest BCUT2D eigenvalue weighted by atomic mass is 35.6. The number of carbonyl (C=O) groups is 1. The van der Waals surface area contributed by atoms with Gasteiger partial charge in [0.2, 0.25) is 5.91 Å². The van der Waals surface area contributed by atoms with E-state index in [1.807, 2.05) is 30.3 Å². The van der Waals surface area contributed by atoms with Crippen LogP contribution in [0.1, 0.15) is 6.92 Å². The summed E-state index contributed by atoms with van der Waals surface area (Å²) < 4.78 is 25.4. The van der Waals surface area contributed by atoms with Crippen molar-refractivity contribution in [3.8, 4) is 0 Å². The van der Waals surface area contributed by atoms with Gasteiger partial charge in [-0.2, -0.15) is 8.42 Å². The van der Waals surface area contributed by atoms with Crippen LogP contribution in [0.5, 0.6) is 0 Å². The molecule has 1 atom stereocenters. The van der Waals surface area contributed by atoms with E-state index in [0.717, 1.165) is 5.69 Å². The van der Waals surface area contributed by atoms with E-state index in [1.54, 1.807) is 11.9 Å². The summed E-state index contributed by atoms with van der Waals surface area (Å²) in [6.07, 6.45) is 0. The molecule has 0 aromatic heterocycles. The van der Waals surface area contributed by atoms with Crippen molar-refractivity contribution in [3.63, 3.8) is 0 Å². The Morgan fingerprint density at radius 2 is 1.91 bits per heavy atom. The number of benzene rings is 1. The first kappa shape index (κ1) is 17.6. The van der Waals surface area contributed by atoms with E-state index in [-0.39, 0.29) is 12.5 Å². The van der Waals surface area contributed by atoms with E-state index in [4.69, 9.17) is 39.0 Å². The van der Waals surface area contributed by atoms with Crippen molar-refractivity contribution >= 4 is 56.5 Å². The molecule has 1 aliphatic heterocycles. The molecule has 2 rings (SSSR count). The van der Waals surface area contributed by atoms with E-state index in [2.05, 4.69) is 5.43 Å². The quantitative estimate of drug-likeness (QED) is 0.633. The van der Waals surface area contributed by atoms with E-state index in [0.29, 0.717) is 0 Å². The number of anilines is 1. The summed E-state index contributed by atoms with van der Waals surface area (Å²) in [5, 5.41) is 1.60. The summed E-state index contributed by atoms with van der Waals surface area (Å²) in [5.74, 6) is -0.379. The first-order valence-electron chi connectivity index (χ1n) is 6.15. The van der Waals surface area contributed by atoms with Crippen LogP contribution in [-0.4, -0.2) is 30.6 Å². The molecule has 1 unspecified atom stereocenters. The third-order valence-electron chi connectivity index (χ3n) is 3.18. The Balaban J connectivity index is 2.10. The zero-order chi connectivity index (χ0) is 16.6. The number of nitrogens with one attached hydrogen (secondary N) is 1. The fourth-order valence-electron chi connectivity index (χ4n) is 1.87. The molecule has 1 heterocycles. The molecule has 0 radical (unpaired) electrons. The first-order valence-corrected chi connectivity index (χ1v) is 8.69. The van der Waals surface area contributed by atoms with Crippen molar-refractivity contribution in [2.24, 2.45) is 5.41 Å². The number of carbonyl (C=O) groups excluding carboxylic acids is 1. The first-order chi connectivity index (χ1) is 10.1. The molecule has 1 saturated heterocycles. The maximum Gasteiger partial charge on any atom is 0.317 e. The van der Waals surface area contributed by atoms with Gasteiger partial charge >= 0.3 is 13.2 Å². The van der Waals surface area contributed by atoms with Gasteiger partial charge < -0.3 is 0 Å². The van der Waals surface area contributed by atoms with Crippen molar-refractivity contribution in [1.29, 1.82) is 0 Å². The largest absolute Gasteiger partial charge is 0.317 e. The molecule has 10 heteroatoms. The Labute approximate surface area is 143 Å². The Kier molecular flexibility index (Phi) is 4.85. The fourth-order valence-corrected chi connectivity index (χ4v) is 2.82. The highest BCUT2D eigenvalue weighted by Gasteiger charge is 2.46. The van der Waals surface area contributed by atoms with Gasteiger partial charge in [-0.05, 0) is 19.1 Å². The van der Waals surface area contributed by atoms with Crippen LogP contribution in [0.3, 0.4) is 0 Å². The Bertz CT molecular complexity index is 663. The number of hydrogen-bond donors (Lipinski definition) is 1. The number of rotatable bonds is 4. The fraction of sp³-hybridized carbons (Fsp3) is 0.417. The van der Waals surface area contributed by atoms with E-state index < -0.39 is 25.3 Å². The number of amides is 1. The molecule has 0 aliphatic carbocycles. The van der Waals surface area contributed by atoms with E-state index in [1.165, 1.54) is 0 Å². The minimum absolute atomic E-state index is 0.214. The molecule has 0 saturated carbocycles. The Morgan fingerprint density at radius 3 is 2.45 bits per heavy atom. The molecule has 0 bridgehead atoms. The third-order valence-corrected chi connectivity index (χ3v) is 5.87. The summed E-state index contributed by atoms with van der Waals surface area (Å²) in [4.78, 5) is 12.1. The lowest BCUT2D eigenvalue weighted by atomic mass is 9.92. The summed E-state index contributed by atoms with van der Waals surface area (Å²) >= 11 is 16.0. The van der Waals surface area contributed by atoms with Crippen LogP contribution >= 0.6 is 34.8 Å². The number of para-hydroxylation sites is 1. The monoisotopic (exact) mass is 386 g/mol. The van der Waals surface area contributed by atoms with Gasteiger partial charge in [-0.1, -0.05) is 53.0 Å². The average molecular weight is 388 g/mol. The molecule has 1 fully saturated rings. The van der Waals surface area contributed by atoms with Gasteiger partial charge in [-0.25, -0.2) is 0 Å². The number of nitrogens with zero attached hydrogens (tertiary/aromatic N) is 1. The second-order valence-corrected chi connectivity index (χ2v) is 9.80. The number of hydrogen-bond acceptors (Lipinski definition) is 5. The van der Waals surface area contributed by atoms with E-state index >= 15 is 0 Å². The lowest BCUT2D eigenvalue weighted by molar-refractivity contribution is -0.127. The van der Waals surface area contributed by atoms with Gasteiger partial charge in [0.1, 0.15) is 0 Å². The molecule has 1 aromatic carbocycles. The highest BCUT2D eigenvalue weighted by Crippen LogP contribution is 2.36. The van der Waals surface area contributed by atoms with Crippen molar-refractivity contribution < 1.29 is 17.4 Å². The predicted molar refractivity (Wildman–Crippen MR) is 85.2 cm³/mol.